The maximum atomic E-state index is 9.50. The highest BCUT2D eigenvalue weighted by molar-refractivity contribution is 6.59. The van der Waals surface area contributed by atoms with E-state index in [1.165, 1.54) is 0 Å². The Morgan fingerprint density at radius 2 is 1.67 bits per heavy atom. The molecule has 1 aliphatic heterocycles. The minimum absolute atomic E-state index is 0.346. The number of nitrogens with zero attached hydrogens (tertiary/aromatic N) is 1. The van der Waals surface area contributed by atoms with Crippen LogP contribution in [0.2, 0.25) is 0 Å². The van der Waals surface area contributed by atoms with Gasteiger partial charge in [0.05, 0.1) is 13.2 Å². The Balaban J connectivity index is 2.17. The smallest absolute Gasteiger partial charge is 0.423 e. The van der Waals surface area contributed by atoms with E-state index in [4.69, 9.17) is 9.47 Å². The number of hydrogen-bond acceptors (Lipinski definition) is 5. The third-order valence-corrected chi connectivity index (χ3v) is 4.18. The number of methoxy groups -OCH3 is 2. The quantitative estimate of drug-likeness (QED) is 0.693. The summed E-state index contributed by atoms with van der Waals surface area (Å²) in [5.41, 5.74) is 1.51. The first-order valence-electron chi connectivity index (χ1n) is 7.35. The van der Waals surface area contributed by atoms with Crippen LogP contribution in [0.15, 0.2) is 24.3 Å². The molecule has 5 nitrogen and oxygen atoms in total. The van der Waals surface area contributed by atoms with Gasteiger partial charge in [-0.25, -0.2) is 0 Å². The van der Waals surface area contributed by atoms with Crippen LogP contribution in [0.4, 0.5) is 0 Å². The Morgan fingerprint density at radius 1 is 1.10 bits per heavy atom. The zero-order chi connectivity index (χ0) is 15.2. The molecule has 2 atom stereocenters. The van der Waals surface area contributed by atoms with Crippen molar-refractivity contribution in [2.75, 3.05) is 27.4 Å². The number of ether oxygens (including phenoxy) is 2. The van der Waals surface area contributed by atoms with Crippen LogP contribution in [0.5, 0.6) is 0 Å². The van der Waals surface area contributed by atoms with E-state index < -0.39 is 7.12 Å². The normalized spacial score (nSPS) is 22.7. The van der Waals surface area contributed by atoms with Crippen molar-refractivity contribution < 1.29 is 19.5 Å². The van der Waals surface area contributed by atoms with Crippen LogP contribution < -0.4 is 5.46 Å². The fraction of sp³-hybridized carbons (Fsp3) is 0.600. The van der Waals surface area contributed by atoms with E-state index in [0.29, 0.717) is 37.3 Å². The molecule has 1 saturated heterocycles. The monoisotopic (exact) mass is 293 g/mol. The molecule has 1 aliphatic rings. The van der Waals surface area contributed by atoms with Gasteiger partial charge in [-0.15, -0.1) is 0 Å². The summed E-state index contributed by atoms with van der Waals surface area (Å²) >= 11 is 0. The predicted octanol–water partition coefficient (Wildman–Crippen LogP) is -0.00780. The molecular formula is C15H24BNO4. The number of benzene rings is 1. The molecule has 2 rings (SSSR count). The van der Waals surface area contributed by atoms with E-state index in [9.17, 15) is 10.0 Å². The second kappa shape index (κ2) is 7.91. The van der Waals surface area contributed by atoms with Crippen molar-refractivity contribution in [2.45, 2.75) is 31.5 Å². The maximum Gasteiger partial charge on any atom is 0.488 e. The van der Waals surface area contributed by atoms with Crippen molar-refractivity contribution in [1.29, 1.82) is 0 Å². The minimum Gasteiger partial charge on any atom is -0.423 e. The van der Waals surface area contributed by atoms with Crippen LogP contribution in [-0.2, 0) is 16.0 Å². The molecule has 21 heavy (non-hydrogen) atoms. The van der Waals surface area contributed by atoms with Crippen molar-refractivity contribution in [3.8, 4) is 0 Å². The van der Waals surface area contributed by atoms with Gasteiger partial charge < -0.3 is 19.5 Å². The lowest BCUT2D eigenvalue weighted by Gasteiger charge is -2.30. The van der Waals surface area contributed by atoms with Crippen LogP contribution >= 0.6 is 0 Å². The van der Waals surface area contributed by atoms with E-state index >= 15 is 0 Å². The average Bonchev–Trinajstić information content (AvgIpc) is 2.83. The summed E-state index contributed by atoms with van der Waals surface area (Å²) in [6.07, 6.45) is 2.15. The van der Waals surface area contributed by atoms with Gasteiger partial charge in [0.2, 0.25) is 0 Å². The summed E-state index contributed by atoms with van der Waals surface area (Å²) in [5.74, 6) is 0. The Labute approximate surface area is 126 Å². The van der Waals surface area contributed by atoms with E-state index in [1.807, 2.05) is 18.2 Å². The first kappa shape index (κ1) is 16.5. The van der Waals surface area contributed by atoms with Gasteiger partial charge in [-0.3, -0.25) is 4.90 Å². The van der Waals surface area contributed by atoms with Gasteiger partial charge >= 0.3 is 7.12 Å². The Morgan fingerprint density at radius 3 is 2.19 bits per heavy atom. The summed E-state index contributed by atoms with van der Waals surface area (Å²) in [6.45, 7) is 2.05. The van der Waals surface area contributed by atoms with Gasteiger partial charge in [-0.1, -0.05) is 24.3 Å². The lowest BCUT2D eigenvalue weighted by Crippen LogP contribution is -2.42. The van der Waals surface area contributed by atoms with Crippen LogP contribution in [0.25, 0.3) is 0 Å². The molecule has 2 N–H and O–H groups in total. The molecule has 0 unspecified atom stereocenters. The van der Waals surface area contributed by atoms with Crippen molar-refractivity contribution in [1.82, 2.24) is 4.90 Å². The van der Waals surface area contributed by atoms with Gasteiger partial charge in [0.25, 0.3) is 0 Å². The highest BCUT2D eigenvalue weighted by Crippen LogP contribution is 2.26. The van der Waals surface area contributed by atoms with E-state index in [1.54, 1.807) is 20.3 Å². The molecule has 0 saturated carbocycles. The molecule has 1 aromatic carbocycles. The van der Waals surface area contributed by atoms with Crippen molar-refractivity contribution in [3.63, 3.8) is 0 Å². The Bertz CT molecular complexity index is 429. The number of rotatable bonds is 7. The SMILES string of the molecule is COC[C@H]1CC[C@H](COC)N1Cc1ccccc1B(O)O. The molecular weight excluding hydrogens is 269 g/mol. The van der Waals surface area contributed by atoms with Gasteiger partial charge in [-0.05, 0) is 23.9 Å². The molecule has 0 aliphatic carbocycles. The standard InChI is InChI=1S/C15H24BNO4/c1-20-10-13-7-8-14(11-21-2)17(13)9-12-5-3-4-6-15(12)16(18)19/h3-6,13-14,18-19H,7-11H2,1-2H3/t13-,14-/m1/s1. The first-order valence-corrected chi connectivity index (χ1v) is 7.35. The molecule has 1 fully saturated rings. The molecule has 116 valence electrons. The summed E-state index contributed by atoms with van der Waals surface area (Å²) < 4.78 is 10.6. The van der Waals surface area contributed by atoms with E-state index in [-0.39, 0.29) is 0 Å². The first-order chi connectivity index (χ1) is 10.2. The molecule has 0 aromatic heterocycles. The maximum absolute atomic E-state index is 9.50. The summed E-state index contributed by atoms with van der Waals surface area (Å²) in [6, 6.07) is 8.14. The molecule has 0 bridgehead atoms. The minimum atomic E-state index is -1.44. The zero-order valence-electron chi connectivity index (χ0n) is 12.7. The summed E-state index contributed by atoms with van der Waals surface area (Å²) in [5, 5.41) is 19.0. The molecule has 0 radical (unpaired) electrons. The molecule has 0 spiro atoms. The van der Waals surface area contributed by atoms with Crippen LogP contribution in [-0.4, -0.2) is 61.6 Å². The van der Waals surface area contributed by atoms with Crippen LogP contribution in [0.1, 0.15) is 18.4 Å². The van der Waals surface area contributed by atoms with Gasteiger partial charge in [0, 0.05) is 32.8 Å². The number of hydrogen-bond donors (Lipinski definition) is 2. The molecule has 6 heteroatoms. The Kier molecular flexibility index (Phi) is 6.20. The van der Waals surface area contributed by atoms with Crippen molar-refractivity contribution in [2.24, 2.45) is 0 Å². The molecule has 0 amide bonds. The Hall–Kier alpha value is -0.915. The summed E-state index contributed by atoms with van der Waals surface area (Å²) in [4.78, 5) is 2.36. The lowest BCUT2D eigenvalue weighted by molar-refractivity contribution is 0.0581. The van der Waals surface area contributed by atoms with Crippen LogP contribution in [0, 0.1) is 0 Å². The summed E-state index contributed by atoms with van der Waals surface area (Å²) in [7, 11) is 1.99. The largest absolute Gasteiger partial charge is 0.488 e. The predicted molar refractivity (Wildman–Crippen MR) is 82.4 cm³/mol. The highest BCUT2D eigenvalue weighted by atomic mass is 16.5. The second-order valence-corrected chi connectivity index (χ2v) is 5.54. The average molecular weight is 293 g/mol. The fourth-order valence-electron chi connectivity index (χ4n) is 3.14. The zero-order valence-corrected chi connectivity index (χ0v) is 12.7. The van der Waals surface area contributed by atoms with Crippen molar-refractivity contribution in [3.05, 3.63) is 29.8 Å². The number of likely N-dealkylation sites (tertiary alicyclic amines) is 1. The lowest BCUT2D eigenvalue weighted by atomic mass is 9.77. The van der Waals surface area contributed by atoms with Gasteiger partial charge in [-0.2, -0.15) is 0 Å². The van der Waals surface area contributed by atoms with Gasteiger partial charge in [0.15, 0.2) is 0 Å². The topological polar surface area (TPSA) is 62.2 Å². The highest BCUT2D eigenvalue weighted by Gasteiger charge is 2.34. The van der Waals surface area contributed by atoms with E-state index in [0.717, 1.165) is 18.4 Å². The van der Waals surface area contributed by atoms with Crippen LogP contribution in [0.3, 0.4) is 0 Å². The molecule has 1 heterocycles. The van der Waals surface area contributed by atoms with Gasteiger partial charge in [0.1, 0.15) is 0 Å². The van der Waals surface area contributed by atoms with E-state index in [2.05, 4.69) is 4.90 Å². The fourth-order valence-corrected chi connectivity index (χ4v) is 3.14. The second-order valence-electron chi connectivity index (χ2n) is 5.54. The third-order valence-electron chi connectivity index (χ3n) is 4.18. The third kappa shape index (κ3) is 4.05. The molecule has 1 aromatic rings. The van der Waals surface area contributed by atoms with Crippen molar-refractivity contribution >= 4 is 12.6 Å².